The van der Waals surface area contributed by atoms with Crippen LogP contribution in [0.5, 0.6) is 0 Å². The maximum absolute atomic E-state index is 10.9. The van der Waals surface area contributed by atoms with Crippen LogP contribution in [0.25, 0.3) is 0 Å². The van der Waals surface area contributed by atoms with Crippen LogP contribution in [0.1, 0.15) is 18.5 Å². The third-order valence-electron chi connectivity index (χ3n) is 2.51. The molecule has 1 fully saturated rings. The average Bonchev–Trinajstić information content (AvgIpc) is 2.66. The highest BCUT2D eigenvalue weighted by molar-refractivity contribution is 5.78. The van der Waals surface area contributed by atoms with Crippen molar-refractivity contribution in [2.75, 3.05) is 6.54 Å². The number of aromatic nitrogens is 1. The zero-order valence-corrected chi connectivity index (χ0v) is 8.57. The summed E-state index contributed by atoms with van der Waals surface area (Å²) >= 11 is 0. The molecule has 1 saturated heterocycles. The maximum Gasteiger partial charge on any atom is 0.220 e. The summed E-state index contributed by atoms with van der Waals surface area (Å²) in [6.07, 6.45) is 3.39. The summed E-state index contributed by atoms with van der Waals surface area (Å²) in [5.41, 5.74) is 1.03. The molecule has 1 aromatic rings. The molecule has 1 atom stereocenters. The number of carbonyl (C=O) groups excluding carboxylic acids is 1. The van der Waals surface area contributed by atoms with Crippen molar-refractivity contribution in [2.24, 2.45) is 0 Å². The van der Waals surface area contributed by atoms with Crippen LogP contribution in [-0.2, 0) is 11.3 Å². The quantitative estimate of drug-likeness (QED) is 0.750. The molecule has 1 aliphatic rings. The molecule has 0 bridgehead atoms. The molecule has 0 aromatic carbocycles. The third-order valence-corrected chi connectivity index (χ3v) is 2.51. The first kappa shape index (κ1) is 10.1. The molecular formula is C11H15N3O. The first-order chi connectivity index (χ1) is 7.34. The van der Waals surface area contributed by atoms with E-state index in [0.717, 1.165) is 25.2 Å². The molecule has 2 rings (SSSR count). The Morgan fingerprint density at radius 3 is 3.13 bits per heavy atom. The second-order valence-corrected chi connectivity index (χ2v) is 3.76. The van der Waals surface area contributed by atoms with Crippen LogP contribution >= 0.6 is 0 Å². The van der Waals surface area contributed by atoms with E-state index < -0.39 is 0 Å². The number of rotatable bonds is 4. The molecule has 4 heteroatoms. The van der Waals surface area contributed by atoms with Gasteiger partial charge >= 0.3 is 0 Å². The Hall–Kier alpha value is -1.42. The number of hydrogen-bond donors (Lipinski definition) is 2. The lowest BCUT2D eigenvalue weighted by Crippen LogP contribution is -2.35. The van der Waals surface area contributed by atoms with E-state index in [4.69, 9.17) is 0 Å². The number of nitrogens with zero attached hydrogens (tertiary/aromatic N) is 1. The van der Waals surface area contributed by atoms with Crippen LogP contribution in [0.4, 0.5) is 0 Å². The van der Waals surface area contributed by atoms with Gasteiger partial charge in [0.25, 0.3) is 0 Å². The van der Waals surface area contributed by atoms with Crippen molar-refractivity contribution >= 4 is 5.91 Å². The standard InChI is InChI=1S/C11H15N3O/c15-11-5-4-10(14-11)8-12-7-9-3-1-2-6-13-9/h1-3,6,10,12H,4-5,7-8H2,(H,14,15)/t10-/m0/s1. The Morgan fingerprint density at radius 2 is 2.47 bits per heavy atom. The minimum absolute atomic E-state index is 0.166. The molecule has 0 saturated carbocycles. The second kappa shape index (κ2) is 4.89. The third kappa shape index (κ3) is 3.02. The minimum Gasteiger partial charge on any atom is -0.352 e. The number of nitrogens with one attached hydrogen (secondary N) is 2. The van der Waals surface area contributed by atoms with Crippen LogP contribution in [-0.4, -0.2) is 23.5 Å². The maximum atomic E-state index is 10.9. The van der Waals surface area contributed by atoms with E-state index in [1.807, 2.05) is 18.2 Å². The van der Waals surface area contributed by atoms with Gasteiger partial charge in [0.05, 0.1) is 5.69 Å². The molecule has 1 aliphatic heterocycles. The van der Waals surface area contributed by atoms with Crippen LogP contribution in [0.2, 0.25) is 0 Å². The minimum atomic E-state index is 0.166. The van der Waals surface area contributed by atoms with E-state index in [1.54, 1.807) is 6.20 Å². The van der Waals surface area contributed by atoms with Crippen molar-refractivity contribution in [3.05, 3.63) is 30.1 Å². The Balaban J connectivity index is 1.69. The Labute approximate surface area is 89.1 Å². The fraction of sp³-hybridized carbons (Fsp3) is 0.455. The lowest BCUT2D eigenvalue weighted by atomic mass is 10.2. The Kier molecular flexibility index (Phi) is 3.29. The number of carbonyl (C=O) groups is 1. The van der Waals surface area contributed by atoms with Crippen molar-refractivity contribution in [3.63, 3.8) is 0 Å². The van der Waals surface area contributed by atoms with Gasteiger partial charge < -0.3 is 10.6 Å². The zero-order valence-electron chi connectivity index (χ0n) is 8.57. The van der Waals surface area contributed by atoms with E-state index in [2.05, 4.69) is 15.6 Å². The van der Waals surface area contributed by atoms with E-state index in [0.29, 0.717) is 12.5 Å². The molecule has 0 aliphatic carbocycles. The summed E-state index contributed by atoms with van der Waals surface area (Å²) in [5.74, 6) is 0.166. The van der Waals surface area contributed by atoms with E-state index in [1.165, 1.54) is 0 Å². The van der Waals surface area contributed by atoms with Gasteiger partial charge in [-0.25, -0.2) is 0 Å². The summed E-state index contributed by atoms with van der Waals surface area (Å²) in [6, 6.07) is 6.16. The van der Waals surface area contributed by atoms with Gasteiger partial charge in [0, 0.05) is 31.7 Å². The van der Waals surface area contributed by atoms with Crippen LogP contribution in [0.15, 0.2) is 24.4 Å². The Morgan fingerprint density at radius 1 is 1.53 bits per heavy atom. The zero-order chi connectivity index (χ0) is 10.5. The van der Waals surface area contributed by atoms with E-state index >= 15 is 0 Å². The smallest absolute Gasteiger partial charge is 0.220 e. The van der Waals surface area contributed by atoms with Crippen molar-refractivity contribution in [3.8, 4) is 0 Å². The summed E-state index contributed by atoms with van der Waals surface area (Å²) < 4.78 is 0. The van der Waals surface area contributed by atoms with Gasteiger partial charge in [-0.15, -0.1) is 0 Å². The molecule has 1 aromatic heterocycles. The van der Waals surface area contributed by atoms with Crippen molar-refractivity contribution < 1.29 is 4.79 Å². The van der Waals surface area contributed by atoms with Gasteiger partial charge in [0.1, 0.15) is 0 Å². The predicted molar refractivity (Wildman–Crippen MR) is 57.1 cm³/mol. The van der Waals surface area contributed by atoms with Gasteiger partial charge in [-0.3, -0.25) is 9.78 Å². The van der Waals surface area contributed by atoms with Gasteiger partial charge in [-0.05, 0) is 18.6 Å². The highest BCUT2D eigenvalue weighted by Gasteiger charge is 2.19. The molecule has 2 N–H and O–H groups in total. The summed E-state index contributed by atoms with van der Waals surface area (Å²) in [7, 11) is 0. The topological polar surface area (TPSA) is 54.0 Å². The van der Waals surface area contributed by atoms with Crippen LogP contribution < -0.4 is 10.6 Å². The molecule has 2 heterocycles. The van der Waals surface area contributed by atoms with Crippen molar-refractivity contribution in [2.45, 2.75) is 25.4 Å². The summed E-state index contributed by atoms with van der Waals surface area (Å²) in [5, 5.41) is 6.21. The molecule has 0 spiro atoms. The number of hydrogen-bond acceptors (Lipinski definition) is 3. The normalized spacial score (nSPS) is 20.3. The summed E-state index contributed by atoms with van der Waals surface area (Å²) in [4.78, 5) is 15.1. The SMILES string of the molecule is O=C1CC[C@@H](CNCc2ccccn2)N1. The van der Waals surface area contributed by atoms with E-state index in [-0.39, 0.29) is 5.91 Å². The molecular weight excluding hydrogens is 190 g/mol. The molecule has 1 amide bonds. The summed E-state index contributed by atoms with van der Waals surface area (Å²) in [6.45, 7) is 1.58. The number of amides is 1. The molecule has 0 unspecified atom stereocenters. The first-order valence-electron chi connectivity index (χ1n) is 5.24. The van der Waals surface area contributed by atoms with E-state index in [9.17, 15) is 4.79 Å². The molecule has 0 radical (unpaired) electrons. The average molecular weight is 205 g/mol. The van der Waals surface area contributed by atoms with Gasteiger partial charge in [-0.2, -0.15) is 0 Å². The highest BCUT2D eigenvalue weighted by atomic mass is 16.1. The van der Waals surface area contributed by atoms with Gasteiger partial charge in [0.2, 0.25) is 5.91 Å². The molecule has 15 heavy (non-hydrogen) atoms. The van der Waals surface area contributed by atoms with Crippen LogP contribution in [0.3, 0.4) is 0 Å². The highest BCUT2D eigenvalue weighted by Crippen LogP contribution is 2.05. The largest absolute Gasteiger partial charge is 0.352 e. The fourth-order valence-electron chi connectivity index (χ4n) is 1.71. The van der Waals surface area contributed by atoms with Gasteiger partial charge in [-0.1, -0.05) is 6.07 Å². The second-order valence-electron chi connectivity index (χ2n) is 3.76. The number of pyridine rings is 1. The molecule has 4 nitrogen and oxygen atoms in total. The lowest BCUT2D eigenvalue weighted by Gasteiger charge is -2.10. The van der Waals surface area contributed by atoms with Crippen LogP contribution in [0, 0.1) is 0 Å². The fourth-order valence-corrected chi connectivity index (χ4v) is 1.71. The van der Waals surface area contributed by atoms with Gasteiger partial charge in [0.15, 0.2) is 0 Å². The van der Waals surface area contributed by atoms with Crippen molar-refractivity contribution in [1.82, 2.24) is 15.6 Å². The van der Waals surface area contributed by atoms with Crippen molar-refractivity contribution in [1.29, 1.82) is 0 Å². The monoisotopic (exact) mass is 205 g/mol. The lowest BCUT2D eigenvalue weighted by molar-refractivity contribution is -0.119. The molecule has 80 valence electrons. The first-order valence-corrected chi connectivity index (χ1v) is 5.24. The predicted octanol–water partition coefficient (Wildman–Crippen LogP) is 0.450. The Bertz CT molecular complexity index is 326.